The fraction of sp³-hybridized carbons (Fsp3) is 1.00. The van der Waals surface area contributed by atoms with E-state index in [4.69, 9.17) is 4.74 Å². The topological polar surface area (TPSA) is 12.5 Å². The van der Waals surface area contributed by atoms with Crippen molar-refractivity contribution in [3.05, 3.63) is 0 Å². The first-order chi connectivity index (χ1) is 3.81. The van der Waals surface area contributed by atoms with E-state index in [1.165, 1.54) is 0 Å². The monoisotopic (exact) mass is 131 g/mol. The van der Waals surface area contributed by atoms with Gasteiger partial charge in [0.2, 0.25) is 0 Å². The van der Waals surface area contributed by atoms with Gasteiger partial charge < -0.3 is 4.74 Å². The fourth-order valence-corrected chi connectivity index (χ4v) is 1.90. The maximum absolute atomic E-state index is 5.07. The molecule has 2 fully saturated rings. The van der Waals surface area contributed by atoms with Crippen molar-refractivity contribution in [1.29, 1.82) is 0 Å². The summed E-state index contributed by atoms with van der Waals surface area (Å²) in [5.41, 5.74) is 0.543. The minimum Gasteiger partial charge on any atom is -0.380 e. The third-order valence-electron chi connectivity index (χ3n) is 1.85. The molecule has 0 radical (unpaired) electrons. The summed E-state index contributed by atoms with van der Waals surface area (Å²) in [7, 11) is 0. The van der Waals surface area contributed by atoms with Crippen LogP contribution >= 0.6 is 12.8 Å². The van der Waals surface area contributed by atoms with Crippen molar-refractivity contribution in [2.75, 3.05) is 26.3 Å². The summed E-state index contributed by atoms with van der Waals surface area (Å²) in [4.78, 5) is 0. The minimum atomic E-state index is 0.543. The van der Waals surface area contributed by atoms with E-state index in [2.05, 4.69) is 12.8 Å². The molecule has 2 heterocycles. The number of ether oxygens (including phenoxy) is 1. The quantitative estimate of drug-likeness (QED) is 0.470. The first-order valence-electron chi connectivity index (χ1n) is 2.82. The zero-order chi connectivity index (χ0) is 5.61. The van der Waals surface area contributed by atoms with Crippen LogP contribution in [0.25, 0.3) is 0 Å². The Kier molecular flexibility index (Phi) is 0.892. The molecule has 1 spiro atoms. The summed E-state index contributed by atoms with van der Waals surface area (Å²) < 4.78 is 7.10. The lowest BCUT2D eigenvalue weighted by Gasteiger charge is -2.52. The maximum Gasteiger partial charge on any atom is 0.0570 e. The normalized spacial score (nSPS) is 34.1. The summed E-state index contributed by atoms with van der Waals surface area (Å²) in [5.74, 6) is 0. The lowest BCUT2D eigenvalue weighted by molar-refractivity contribution is -0.164. The molecule has 0 aromatic heterocycles. The van der Waals surface area contributed by atoms with Crippen LogP contribution < -0.4 is 0 Å². The highest BCUT2D eigenvalue weighted by Gasteiger charge is 2.47. The Labute approximate surface area is 54.4 Å². The molecule has 2 rings (SSSR count). The first-order valence-corrected chi connectivity index (χ1v) is 3.22. The fourth-order valence-electron chi connectivity index (χ4n) is 1.30. The van der Waals surface area contributed by atoms with Crippen molar-refractivity contribution in [3.8, 4) is 0 Å². The van der Waals surface area contributed by atoms with Gasteiger partial charge >= 0.3 is 0 Å². The molecular weight excluding hydrogens is 122 g/mol. The van der Waals surface area contributed by atoms with E-state index >= 15 is 0 Å². The molecule has 0 amide bonds. The molecule has 0 aromatic rings. The van der Waals surface area contributed by atoms with Crippen LogP contribution in [-0.4, -0.2) is 30.6 Å². The van der Waals surface area contributed by atoms with Gasteiger partial charge in [-0.25, -0.2) is 0 Å². The molecule has 2 saturated heterocycles. The Morgan fingerprint density at radius 3 is 2.12 bits per heavy atom. The van der Waals surface area contributed by atoms with Crippen molar-refractivity contribution in [2.24, 2.45) is 5.41 Å². The van der Waals surface area contributed by atoms with Crippen molar-refractivity contribution < 1.29 is 4.74 Å². The first kappa shape index (κ1) is 5.09. The van der Waals surface area contributed by atoms with Gasteiger partial charge in [-0.05, 0) is 0 Å². The molecule has 0 unspecified atom stereocenters. The molecule has 3 heteroatoms. The number of rotatable bonds is 0. The highest BCUT2D eigenvalue weighted by atomic mass is 32.1. The van der Waals surface area contributed by atoms with Crippen LogP contribution in [0.5, 0.6) is 0 Å². The maximum atomic E-state index is 5.07. The van der Waals surface area contributed by atoms with Gasteiger partial charge in [-0.15, -0.1) is 0 Å². The summed E-state index contributed by atoms with van der Waals surface area (Å²) >= 11 is 4.16. The molecule has 2 aliphatic heterocycles. The van der Waals surface area contributed by atoms with E-state index in [1.807, 2.05) is 4.31 Å². The van der Waals surface area contributed by atoms with Gasteiger partial charge in [-0.3, -0.25) is 4.31 Å². The van der Waals surface area contributed by atoms with Gasteiger partial charge in [0.1, 0.15) is 0 Å². The lowest BCUT2D eigenvalue weighted by atomic mass is 9.80. The van der Waals surface area contributed by atoms with Crippen LogP contribution in [0, 0.1) is 5.41 Å². The summed E-state index contributed by atoms with van der Waals surface area (Å²) in [6, 6.07) is 0. The highest BCUT2D eigenvalue weighted by molar-refractivity contribution is 7.77. The second kappa shape index (κ2) is 1.40. The van der Waals surface area contributed by atoms with Gasteiger partial charge in [-0.2, -0.15) is 0 Å². The molecule has 8 heavy (non-hydrogen) atoms. The second-order valence-electron chi connectivity index (χ2n) is 2.82. The van der Waals surface area contributed by atoms with Gasteiger partial charge in [0.05, 0.1) is 13.2 Å². The van der Waals surface area contributed by atoms with Crippen molar-refractivity contribution in [3.63, 3.8) is 0 Å². The number of thiol groups is 1. The standard InChI is InChI=1S/C5H9NOS/c8-6-1-5(2-6)3-7-4-5/h8H,1-4H2. The van der Waals surface area contributed by atoms with E-state index in [0.29, 0.717) is 5.41 Å². The van der Waals surface area contributed by atoms with Crippen LogP contribution in [0.3, 0.4) is 0 Å². The van der Waals surface area contributed by atoms with E-state index in [0.717, 1.165) is 26.3 Å². The highest BCUT2D eigenvalue weighted by Crippen LogP contribution is 2.37. The van der Waals surface area contributed by atoms with Gasteiger partial charge in [0.25, 0.3) is 0 Å². The second-order valence-corrected chi connectivity index (χ2v) is 3.38. The smallest absolute Gasteiger partial charge is 0.0570 e. The molecule has 2 aliphatic rings. The minimum absolute atomic E-state index is 0.543. The Balaban J connectivity index is 1.92. The number of hydrogen-bond acceptors (Lipinski definition) is 3. The summed E-state index contributed by atoms with van der Waals surface area (Å²) in [5, 5.41) is 0. The zero-order valence-corrected chi connectivity index (χ0v) is 5.53. The Morgan fingerprint density at radius 2 is 2.00 bits per heavy atom. The average Bonchev–Trinajstić information content (AvgIpc) is 1.51. The Bertz CT molecular complexity index is 105. The van der Waals surface area contributed by atoms with E-state index < -0.39 is 0 Å². The molecule has 0 bridgehead atoms. The van der Waals surface area contributed by atoms with E-state index in [-0.39, 0.29) is 0 Å². The summed E-state index contributed by atoms with van der Waals surface area (Å²) in [6.07, 6.45) is 0. The third kappa shape index (κ3) is 0.522. The van der Waals surface area contributed by atoms with Crippen molar-refractivity contribution in [1.82, 2.24) is 4.31 Å². The number of nitrogens with zero attached hydrogens (tertiary/aromatic N) is 1. The third-order valence-corrected chi connectivity index (χ3v) is 2.14. The molecule has 2 nitrogen and oxygen atoms in total. The van der Waals surface area contributed by atoms with Gasteiger partial charge in [0, 0.05) is 18.5 Å². The van der Waals surface area contributed by atoms with Crippen molar-refractivity contribution in [2.45, 2.75) is 0 Å². The molecule has 46 valence electrons. The van der Waals surface area contributed by atoms with Gasteiger partial charge in [0.15, 0.2) is 0 Å². The van der Waals surface area contributed by atoms with E-state index in [9.17, 15) is 0 Å². The van der Waals surface area contributed by atoms with Crippen LogP contribution in [0.1, 0.15) is 0 Å². The van der Waals surface area contributed by atoms with Crippen LogP contribution in [-0.2, 0) is 4.74 Å². The van der Waals surface area contributed by atoms with E-state index in [1.54, 1.807) is 0 Å². The summed E-state index contributed by atoms with van der Waals surface area (Å²) in [6.45, 7) is 4.17. The average molecular weight is 131 g/mol. The Hall–Kier alpha value is 0.270. The van der Waals surface area contributed by atoms with Crippen molar-refractivity contribution >= 4 is 12.8 Å². The van der Waals surface area contributed by atoms with Gasteiger partial charge in [-0.1, -0.05) is 12.8 Å². The molecule has 0 atom stereocenters. The zero-order valence-electron chi connectivity index (χ0n) is 4.63. The predicted molar refractivity (Wildman–Crippen MR) is 33.8 cm³/mol. The van der Waals surface area contributed by atoms with Crippen LogP contribution in [0.2, 0.25) is 0 Å². The van der Waals surface area contributed by atoms with Crippen LogP contribution in [0.4, 0.5) is 0 Å². The lowest BCUT2D eigenvalue weighted by Crippen LogP contribution is -2.62. The molecule has 0 aliphatic carbocycles. The number of hydrogen-bond donors (Lipinski definition) is 1. The molecule has 0 aromatic carbocycles. The Morgan fingerprint density at radius 1 is 1.38 bits per heavy atom. The molecule has 0 saturated carbocycles. The molecular formula is C5H9NOS. The molecule has 0 N–H and O–H groups in total. The SMILES string of the molecule is SN1CC2(COC2)C1. The largest absolute Gasteiger partial charge is 0.380 e. The van der Waals surface area contributed by atoms with Crippen LogP contribution in [0.15, 0.2) is 0 Å². The predicted octanol–water partition coefficient (Wildman–Crippen LogP) is 0.163.